The number of nitrogens with one attached hydrogen (secondary N) is 1. The number of amides is 1. The van der Waals surface area contributed by atoms with Gasteiger partial charge in [0.1, 0.15) is 0 Å². The van der Waals surface area contributed by atoms with Gasteiger partial charge >= 0.3 is 5.97 Å². The zero-order valence-corrected chi connectivity index (χ0v) is 10.6. The number of rotatable bonds is 3. The van der Waals surface area contributed by atoms with Gasteiger partial charge in [0.2, 0.25) is 5.91 Å². The molecule has 1 heterocycles. The van der Waals surface area contributed by atoms with E-state index in [-0.39, 0.29) is 29.2 Å². The predicted molar refractivity (Wildman–Crippen MR) is 70.0 cm³/mol. The molecule has 1 saturated heterocycles. The molecular formula is C13H16N2O4. The standard InChI is InChI=1S/C13H16N2O4/c1-7-4-9(6-19-7)12(16)15-11-3-2-8(13(17)18)5-10(11)14/h2-3,5,7,9H,4,6,14H2,1H3,(H,15,16)(H,17,18). The van der Waals surface area contributed by atoms with Gasteiger partial charge in [-0.1, -0.05) is 0 Å². The minimum Gasteiger partial charge on any atom is -0.478 e. The van der Waals surface area contributed by atoms with Crippen molar-refractivity contribution in [3.63, 3.8) is 0 Å². The highest BCUT2D eigenvalue weighted by atomic mass is 16.5. The number of hydrogen-bond donors (Lipinski definition) is 3. The molecule has 0 saturated carbocycles. The van der Waals surface area contributed by atoms with Crippen LogP contribution in [0.1, 0.15) is 23.7 Å². The molecule has 1 aliphatic heterocycles. The van der Waals surface area contributed by atoms with E-state index < -0.39 is 5.97 Å². The molecule has 102 valence electrons. The number of aromatic carboxylic acids is 1. The maximum Gasteiger partial charge on any atom is 0.335 e. The van der Waals surface area contributed by atoms with Gasteiger partial charge in [0.25, 0.3) is 0 Å². The Kier molecular flexibility index (Phi) is 3.71. The summed E-state index contributed by atoms with van der Waals surface area (Å²) in [5.74, 6) is -1.39. The van der Waals surface area contributed by atoms with Crippen molar-refractivity contribution in [1.82, 2.24) is 0 Å². The van der Waals surface area contributed by atoms with Crippen molar-refractivity contribution in [1.29, 1.82) is 0 Å². The molecule has 6 heteroatoms. The molecule has 1 fully saturated rings. The average molecular weight is 264 g/mol. The second-order valence-corrected chi connectivity index (χ2v) is 4.67. The van der Waals surface area contributed by atoms with Crippen molar-refractivity contribution < 1.29 is 19.4 Å². The first-order valence-electron chi connectivity index (χ1n) is 6.02. The van der Waals surface area contributed by atoms with Crippen molar-refractivity contribution in [2.75, 3.05) is 17.7 Å². The van der Waals surface area contributed by atoms with Crippen molar-refractivity contribution in [3.05, 3.63) is 23.8 Å². The van der Waals surface area contributed by atoms with E-state index in [1.807, 2.05) is 6.92 Å². The van der Waals surface area contributed by atoms with Gasteiger partial charge in [-0.3, -0.25) is 4.79 Å². The van der Waals surface area contributed by atoms with Crippen LogP contribution in [0.2, 0.25) is 0 Å². The summed E-state index contributed by atoms with van der Waals surface area (Å²) in [6.07, 6.45) is 0.765. The van der Waals surface area contributed by atoms with Crippen LogP contribution in [0.15, 0.2) is 18.2 Å². The fraction of sp³-hybridized carbons (Fsp3) is 0.385. The molecule has 1 aliphatic rings. The van der Waals surface area contributed by atoms with Gasteiger partial charge in [-0.2, -0.15) is 0 Å². The third-order valence-corrected chi connectivity index (χ3v) is 3.13. The van der Waals surface area contributed by atoms with Gasteiger partial charge in [-0.25, -0.2) is 4.79 Å². The quantitative estimate of drug-likeness (QED) is 0.715. The second-order valence-electron chi connectivity index (χ2n) is 4.67. The number of ether oxygens (including phenoxy) is 1. The second kappa shape index (κ2) is 5.27. The van der Waals surface area contributed by atoms with E-state index in [4.69, 9.17) is 15.6 Å². The molecule has 0 aliphatic carbocycles. The molecule has 0 aromatic heterocycles. The summed E-state index contributed by atoms with van der Waals surface area (Å²) in [5.41, 5.74) is 6.48. The Bertz CT molecular complexity index is 515. The molecule has 0 radical (unpaired) electrons. The number of carboxylic acids is 1. The van der Waals surface area contributed by atoms with E-state index >= 15 is 0 Å². The van der Waals surface area contributed by atoms with Crippen LogP contribution >= 0.6 is 0 Å². The molecule has 2 rings (SSSR count). The Morgan fingerprint density at radius 1 is 1.47 bits per heavy atom. The zero-order valence-electron chi connectivity index (χ0n) is 10.6. The van der Waals surface area contributed by atoms with E-state index in [1.54, 1.807) is 0 Å². The Morgan fingerprint density at radius 3 is 2.74 bits per heavy atom. The van der Waals surface area contributed by atoms with Gasteiger partial charge in [0.05, 0.1) is 35.6 Å². The third-order valence-electron chi connectivity index (χ3n) is 3.13. The minimum atomic E-state index is -1.05. The largest absolute Gasteiger partial charge is 0.478 e. The molecular weight excluding hydrogens is 248 g/mol. The SMILES string of the molecule is CC1CC(C(=O)Nc2ccc(C(=O)O)cc2N)CO1. The summed E-state index contributed by atoms with van der Waals surface area (Å²) in [5, 5.41) is 11.5. The van der Waals surface area contributed by atoms with Crippen molar-refractivity contribution in [3.8, 4) is 0 Å². The summed E-state index contributed by atoms with van der Waals surface area (Å²) in [6, 6.07) is 4.23. The highest BCUT2D eigenvalue weighted by Gasteiger charge is 2.28. The van der Waals surface area contributed by atoms with E-state index in [0.29, 0.717) is 18.7 Å². The number of anilines is 2. The molecule has 2 unspecified atom stereocenters. The van der Waals surface area contributed by atoms with Crippen LogP contribution in [0.5, 0.6) is 0 Å². The molecule has 1 aromatic carbocycles. The summed E-state index contributed by atoms with van der Waals surface area (Å²) in [7, 11) is 0. The molecule has 0 spiro atoms. The van der Waals surface area contributed by atoms with Gasteiger partial charge in [-0.15, -0.1) is 0 Å². The lowest BCUT2D eigenvalue weighted by atomic mass is 10.1. The Hall–Kier alpha value is -2.08. The summed E-state index contributed by atoms with van der Waals surface area (Å²) in [6.45, 7) is 2.32. The van der Waals surface area contributed by atoms with Gasteiger partial charge in [-0.05, 0) is 31.5 Å². The lowest BCUT2D eigenvalue weighted by molar-refractivity contribution is -0.119. The van der Waals surface area contributed by atoms with Crippen LogP contribution in [-0.2, 0) is 9.53 Å². The average Bonchev–Trinajstić information content (AvgIpc) is 2.78. The first-order valence-corrected chi connectivity index (χ1v) is 6.02. The fourth-order valence-corrected chi connectivity index (χ4v) is 2.04. The molecule has 1 amide bonds. The first kappa shape index (κ1) is 13.4. The van der Waals surface area contributed by atoms with Crippen LogP contribution in [-0.4, -0.2) is 29.7 Å². The van der Waals surface area contributed by atoms with Gasteiger partial charge in [0.15, 0.2) is 0 Å². The maximum absolute atomic E-state index is 12.0. The zero-order chi connectivity index (χ0) is 14.0. The lowest BCUT2D eigenvalue weighted by Gasteiger charge is -2.11. The van der Waals surface area contributed by atoms with E-state index in [2.05, 4.69) is 5.32 Å². The van der Waals surface area contributed by atoms with Crippen molar-refractivity contribution in [2.45, 2.75) is 19.4 Å². The maximum atomic E-state index is 12.0. The van der Waals surface area contributed by atoms with Crippen molar-refractivity contribution >= 4 is 23.3 Å². The monoisotopic (exact) mass is 264 g/mol. The molecule has 1 aromatic rings. The first-order chi connectivity index (χ1) is 8.97. The highest BCUT2D eigenvalue weighted by molar-refractivity contribution is 5.97. The van der Waals surface area contributed by atoms with Crippen LogP contribution in [0.3, 0.4) is 0 Å². The van der Waals surface area contributed by atoms with Crippen LogP contribution in [0.25, 0.3) is 0 Å². The van der Waals surface area contributed by atoms with Crippen LogP contribution in [0.4, 0.5) is 11.4 Å². The minimum absolute atomic E-state index is 0.0856. The summed E-state index contributed by atoms with van der Waals surface area (Å²) < 4.78 is 5.34. The number of carbonyl (C=O) groups excluding carboxylic acids is 1. The number of nitrogens with two attached hydrogens (primary N) is 1. The predicted octanol–water partition coefficient (Wildman–Crippen LogP) is 1.33. The van der Waals surface area contributed by atoms with Crippen molar-refractivity contribution in [2.24, 2.45) is 5.92 Å². The molecule has 6 nitrogen and oxygen atoms in total. The van der Waals surface area contributed by atoms with Crippen LogP contribution < -0.4 is 11.1 Å². The smallest absolute Gasteiger partial charge is 0.335 e. The van der Waals surface area contributed by atoms with E-state index in [0.717, 1.165) is 0 Å². The number of carbonyl (C=O) groups is 2. The summed E-state index contributed by atoms with van der Waals surface area (Å²) in [4.78, 5) is 22.7. The number of benzene rings is 1. The Labute approximate surface area is 110 Å². The topological polar surface area (TPSA) is 102 Å². The fourth-order valence-electron chi connectivity index (χ4n) is 2.04. The summed E-state index contributed by atoms with van der Waals surface area (Å²) >= 11 is 0. The Balaban J connectivity index is 2.07. The van der Waals surface area contributed by atoms with Gasteiger partial charge < -0.3 is 20.9 Å². The highest BCUT2D eigenvalue weighted by Crippen LogP contribution is 2.24. The molecule has 0 bridgehead atoms. The number of nitrogen functional groups attached to an aromatic ring is 1. The molecule has 2 atom stereocenters. The Morgan fingerprint density at radius 2 is 2.21 bits per heavy atom. The third kappa shape index (κ3) is 3.03. The molecule has 4 N–H and O–H groups in total. The van der Waals surface area contributed by atoms with E-state index in [1.165, 1.54) is 18.2 Å². The van der Waals surface area contributed by atoms with Gasteiger partial charge in [0, 0.05) is 0 Å². The number of carboxylic acid groups (broad SMARTS) is 1. The lowest BCUT2D eigenvalue weighted by Crippen LogP contribution is -2.23. The van der Waals surface area contributed by atoms with Crippen LogP contribution in [0, 0.1) is 5.92 Å². The normalized spacial score (nSPS) is 22.2. The van der Waals surface area contributed by atoms with E-state index in [9.17, 15) is 9.59 Å². The molecule has 19 heavy (non-hydrogen) atoms. The number of hydrogen-bond acceptors (Lipinski definition) is 4.